The molecule has 148 valence electrons. The molecule has 0 unspecified atom stereocenters. The van der Waals surface area contributed by atoms with E-state index in [1.165, 1.54) is 30.3 Å². The van der Waals surface area contributed by atoms with Crippen LogP contribution in [0.3, 0.4) is 0 Å². The molecule has 2 aromatic rings. The molecule has 2 amide bonds. The number of nitrogens with zero attached hydrogens (tertiary/aromatic N) is 1. The predicted octanol–water partition coefficient (Wildman–Crippen LogP) is 3.55. The van der Waals surface area contributed by atoms with Gasteiger partial charge in [-0.25, -0.2) is 8.42 Å². The molecule has 1 N–H and O–H groups in total. The Balaban J connectivity index is 1.83. The first-order chi connectivity index (χ1) is 13.1. The van der Waals surface area contributed by atoms with Crippen LogP contribution >= 0.6 is 0 Å². The third-order valence-electron chi connectivity index (χ3n) is 4.13. The highest BCUT2D eigenvalue weighted by Crippen LogP contribution is 2.31. The van der Waals surface area contributed by atoms with Crippen LogP contribution < -0.4 is 9.62 Å². The van der Waals surface area contributed by atoms with E-state index in [0.717, 1.165) is 17.0 Å². The SMILES string of the molecule is O=C1CCCC(=O)N1c1ccc(S(=O)(=O)Nc2cccc(C(F)(F)F)c2)cc1. The third kappa shape index (κ3) is 4.16. The van der Waals surface area contributed by atoms with Crippen LogP contribution in [-0.4, -0.2) is 20.2 Å². The molecule has 0 atom stereocenters. The standard InChI is InChI=1S/C18H15F3N2O4S/c19-18(20,21)12-3-1-4-13(11-12)22-28(26,27)15-9-7-14(8-10-15)23-16(24)5-2-6-17(23)25/h1,3-4,7-11,22H,2,5-6H2. The number of hydrogen-bond acceptors (Lipinski definition) is 4. The zero-order valence-electron chi connectivity index (χ0n) is 14.4. The minimum atomic E-state index is -4.60. The number of anilines is 2. The lowest BCUT2D eigenvalue weighted by atomic mass is 10.1. The number of benzene rings is 2. The van der Waals surface area contributed by atoms with Crippen LogP contribution in [0.4, 0.5) is 24.5 Å². The van der Waals surface area contributed by atoms with Crippen LogP contribution in [0.25, 0.3) is 0 Å². The number of piperidine rings is 1. The Labute approximate surface area is 159 Å². The van der Waals surface area contributed by atoms with E-state index in [0.29, 0.717) is 12.5 Å². The molecule has 28 heavy (non-hydrogen) atoms. The summed E-state index contributed by atoms with van der Waals surface area (Å²) >= 11 is 0. The van der Waals surface area contributed by atoms with Gasteiger partial charge >= 0.3 is 6.18 Å². The lowest BCUT2D eigenvalue weighted by molar-refractivity contribution is -0.137. The number of carbonyl (C=O) groups is 2. The topological polar surface area (TPSA) is 83.6 Å². The molecule has 1 heterocycles. The molecule has 0 spiro atoms. The lowest BCUT2D eigenvalue weighted by Crippen LogP contribution is -2.40. The Morgan fingerprint density at radius 3 is 2.11 bits per heavy atom. The maximum absolute atomic E-state index is 12.8. The van der Waals surface area contributed by atoms with Crippen molar-refractivity contribution in [2.45, 2.75) is 30.3 Å². The Kier molecular flexibility index (Phi) is 5.16. The largest absolute Gasteiger partial charge is 0.416 e. The molecule has 6 nitrogen and oxygen atoms in total. The fourth-order valence-corrected chi connectivity index (χ4v) is 3.84. The van der Waals surface area contributed by atoms with Crippen molar-refractivity contribution in [3.8, 4) is 0 Å². The number of imide groups is 1. The van der Waals surface area contributed by atoms with E-state index in [9.17, 15) is 31.2 Å². The highest BCUT2D eigenvalue weighted by atomic mass is 32.2. The zero-order chi connectivity index (χ0) is 20.5. The maximum atomic E-state index is 12.8. The van der Waals surface area contributed by atoms with Gasteiger partial charge in [-0.3, -0.25) is 19.2 Å². The minimum absolute atomic E-state index is 0.217. The first-order valence-corrected chi connectivity index (χ1v) is 9.72. The van der Waals surface area contributed by atoms with E-state index in [4.69, 9.17) is 0 Å². The Hall–Kier alpha value is -2.88. The van der Waals surface area contributed by atoms with Gasteiger partial charge in [-0.2, -0.15) is 13.2 Å². The van der Waals surface area contributed by atoms with E-state index in [2.05, 4.69) is 4.72 Å². The normalized spacial score (nSPS) is 15.6. The second-order valence-corrected chi connectivity index (χ2v) is 7.84. The average Bonchev–Trinajstić information content (AvgIpc) is 2.61. The highest BCUT2D eigenvalue weighted by molar-refractivity contribution is 7.92. The summed E-state index contributed by atoms with van der Waals surface area (Å²) < 4.78 is 65.3. The molecule has 0 aliphatic carbocycles. The van der Waals surface area contributed by atoms with E-state index < -0.39 is 21.8 Å². The maximum Gasteiger partial charge on any atom is 0.416 e. The molecule has 0 saturated carbocycles. The van der Waals surface area contributed by atoms with Crippen molar-refractivity contribution in [3.05, 3.63) is 54.1 Å². The molecule has 2 aromatic carbocycles. The monoisotopic (exact) mass is 412 g/mol. The molecule has 0 aromatic heterocycles. The number of sulfonamides is 1. The van der Waals surface area contributed by atoms with Crippen molar-refractivity contribution in [2.24, 2.45) is 0 Å². The third-order valence-corrected chi connectivity index (χ3v) is 5.52. The molecule has 1 aliphatic rings. The van der Waals surface area contributed by atoms with E-state index in [-0.39, 0.29) is 40.9 Å². The smallest absolute Gasteiger partial charge is 0.280 e. The lowest BCUT2D eigenvalue weighted by Gasteiger charge is -2.24. The van der Waals surface area contributed by atoms with Gasteiger partial charge in [0.05, 0.1) is 16.1 Å². The van der Waals surface area contributed by atoms with E-state index >= 15 is 0 Å². The second kappa shape index (κ2) is 7.27. The summed E-state index contributed by atoms with van der Waals surface area (Å²) in [5.74, 6) is -0.733. The van der Waals surface area contributed by atoms with Gasteiger partial charge in [-0.1, -0.05) is 6.07 Å². The summed E-state index contributed by atoms with van der Waals surface area (Å²) in [6.07, 6.45) is -3.68. The minimum Gasteiger partial charge on any atom is -0.280 e. The molecular formula is C18H15F3N2O4S. The van der Waals surface area contributed by atoms with Crippen LogP contribution in [0.5, 0.6) is 0 Å². The summed E-state index contributed by atoms with van der Waals surface area (Å²) in [5, 5.41) is 0. The van der Waals surface area contributed by atoms with Gasteiger partial charge in [0.2, 0.25) is 11.8 Å². The van der Waals surface area contributed by atoms with Crippen molar-refractivity contribution >= 4 is 33.2 Å². The van der Waals surface area contributed by atoms with Crippen molar-refractivity contribution in [3.63, 3.8) is 0 Å². The number of halogens is 3. The molecule has 3 rings (SSSR count). The summed E-state index contributed by atoms with van der Waals surface area (Å²) in [5.41, 5.74) is -0.974. The van der Waals surface area contributed by atoms with Crippen LogP contribution in [0.1, 0.15) is 24.8 Å². The number of rotatable bonds is 4. The van der Waals surface area contributed by atoms with Crippen LogP contribution in [0.2, 0.25) is 0 Å². The van der Waals surface area contributed by atoms with Crippen molar-refractivity contribution in [1.29, 1.82) is 0 Å². The van der Waals surface area contributed by atoms with Crippen LogP contribution in [-0.2, 0) is 25.8 Å². The first kappa shape index (κ1) is 19.9. The van der Waals surface area contributed by atoms with Crippen LogP contribution in [0, 0.1) is 0 Å². The van der Waals surface area contributed by atoms with Gasteiger partial charge in [0.25, 0.3) is 10.0 Å². The highest BCUT2D eigenvalue weighted by Gasteiger charge is 2.31. The number of hydrogen-bond donors (Lipinski definition) is 1. The first-order valence-electron chi connectivity index (χ1n) is 8.24. The van der Waals surface area contributed by atoms with Gasteiger partial charge in [0.15, 0.2) is 0 Å². The molecule has 1 aliphatic heterocycles. The summed E-state index contributed by atoms with van der Waals surface area (Å²) in [4.78, 5) is 24.6. The van der Waals surface area contributed by atoms with Crippen molar-refractivity contribution in [2.75, 3.05) is 9.62 Å². The van der Waals surface area contributed by atoms with E-state index in [1.54, 1.807) is 0 Å². The summed E-state index contributed by atoms with van der Waals surface area (Å²) in [6.45, 7) is 0. The molecule has 0 bridgehead atoms. The summed E-state index contributed by atoms with van der Waals surface area (Å²) in [7, 11) is -4.16. The number of amides is 2. The Bertz CT molecular complexity index is 1000. The van der Waals surface area contributed by atoms with Gasteiger partial charge < -0.3 is 0 Å². The second-order valence-electron chi connectivity index (χ2n) is 6.15. The van der Waals surface area contributed by atoms with E-state index in [1.807, 2.05) is 0 Å². The molecule has 1 saturated heterocycles. The fraction of sp³-hybridized carbons (Fsp3) is 0.222. The van der Waals surface area contributed by atoms with Crippen molar-refractivity contribution in [1.82, 2.24) is 0 Å². The Morgan fingerprint density at radius 1 is 0.929 bits per heavy atom. The molecule has 1 fully saturated rings. The fourth-order valence-electron chi connectivity index (χ4n) is 2.79. The molecule has 10 heteroatoms. The molecule has 0 radical (unpaired) electrons. The predicted molar refractivity (Wildman–Crippen MR) is 95.0 cm³/mol. The van der Waals surface area contributed by atoms with Gasteiger partial charge in [0, 0.05) is 18.5 Å². The van der Waals surface area contributed by atoms with Gasteiger partial charge in [-0.05, 0) is 48.9 Å². The van der Waals surface area contributed by atoms with Gasteiger partial charge in [-0.15, -0.1) is 0 Å². The van der Waals surface area contributed by atoms with Gasteiger partial charge in [0.1, 0.15) is 0 Å². The summed E-state index contributed by atoms with van der Waals surface area (Å²) in [6, 6.07) is 8.80. The number of nitrogens with one attached hydrogen (secondary N) is 1. The average molecular weight is 412 g/mol. The number of alkyl halides is 3. The zero-order valence-corrected chi connectivity index (χ0v) is 15.2. The van der Waals surface area contributed by atoms with Crippen LogP contribution in [0.15, 0.2) is 53.4 Å². The Morgan fingerprint density at radius 2 is 1.54 bits per heavy atom. The van der Waals surface area contributed by atoms with Crippen molar-refractivity contribution < 1.29 is 31.2 Å². The quantitative estimate of drug-likeness (QED) is 0.779. The number of carbonyl (C=O) groups excluding carboxylic acids is 2. The molecular weight excluding hydrogens is 397 g/mol.